The molecule has 6 heteroatoms. The first-order chi connectivity index (χ1) is 10.5. The van der Waals surface area contributed by atoms with Crippen molar-refractivity contribution in [2.45, 2.75) is 13.8 Å². The number of nitrogens with zero attached hydrogens (tertiary/aromatic N) is 1. The van der Waals surface area contributed by atoms with E-state index in [2.05, 4.69) is 10.2 Å². The summed E-state index contributed by atoms with van der Waals surface area (Å²) in [6.45, 7) is 8.49. The van der Waals surface area contributed by atoms with Gasteiger partial charge in [0.15, 0.2) is 0 Å². The van der Waals surface area contributed by atoms with Gasteiger partial charge in [0.05, 0.1) is 25.9 Å². The standard InChI is InChI=1S/C16H23ClN2O3/c1-11-10-13(21-3)14(12(2)15(11)17)16(20)18-4-5-19-6-8-22-9-7-19/h10H,4-9H2,1-3H3,(H,18,20). The van der Waals surface area contributed by atoms with Crippen LogP contribution in [0.4, 0.5) is 0 Å². The van der Waals surface area contributed by atoms with Gasteiger partial charge in [-0.25, -0.2) is 0 Å². The smallest absolute Gasteiger partial charge is 0.255 e. The van der Waals surface area contributed by atoms with E-state index in [-0.39, 0.29) is 5.91 Å². The van der Waals surface area contributed by atoms with Crippen molar-refractivity contribution in [3.63, 3.8) is 0 Å². The lowest BCUT2D eigenvalue weighted by Crippen LogP contribution is -2.41. The molecule has 1 aromatic carbocycles. The van der Waals surface area contributed by atoms with Gasteiger partial charge in [0.2, 0.25) is 0 Å². The van der Waals surface area contributed by atoms with Crippen molar-refractivity contribution in [3.05, 3.63) is 27.8 Å². The number of carbonyl (C=O) groups is 1. The normalized spacial score (nSPS) is 15.6. The predicted molar refractivity (Wildman–Crippen MR) is 87.1 cm³/mol. The van der Waals surface area contributed by atoms with Crippen molar-refractivity contribution in [3.8, 4) is 5.75 Å². The maximum atomic E-state index is 12.5. The number of halogens is 1. The lowest BCUT2D eigenvalue weighted by molar-refractivity contribution is 0.0383. The second-order valence-corrected chi connectivity index (χ2v) is 5.80. The highest BCUT2D eigenvalue weighted by molar-refractivity contribution is 6.32. The molecule has 0 radical (unpaired) electrons. The molecule has 0 aromatic heterocycles. The summed E-state index contributed by atoms with van der Waals surface area (Å²) in [6.07, 6.45) is 0. The summed E-state index contributed by atoms with van der Waals surface area (Å²) < 4.78 is 10.6. The number of methoxy groups -OCH3 is 1. The Balaban J connectivity index is 2.01. The topological polar surface area (TPSA) is 50.8 Å². The maximum absolute atomic E-state index is 12.5. The van der Waals surface area contributed by atoms with Crippen molar-refractivity contribution in [1.82, 2.24) is 10.2 Å². The molecular weight excluding hydrogens is 304 g/mol. The van der Waals surface area contributed by atoms with E-state index in [1.807, 2.05) is 13.8 Å². The maximum Gasteiger partial charge on any atom is 0.255 e. The molecule has 0 bridgehead atoms. The Bertz CT molecular complexity index is 543. The third-order valence-electron chi connectivity index (χ3n) is 3.91. The third kappa shape index (κ3) is 3.91. The highest BCUT2D eigenvalue weighted by Crippen LogP contribution is 2.31. The van der Waals surface area contributed by atoms with Crippen molar-refractivity contribution < 1.29 is 14.3 Å². The Hall–Kier alpha value is -1.30. The molecule has 1 heterocycles. The number of ether oxygens (including phenoxy) is 2. The molecule has 1 fully saturated rings. The molecule has 1 aliphatic heterocycles. The minimum absolute atomic E-state index is 0.149. The van der Waals surface area contributed by atoms with Crippen LogP contribution in [-0.4, -0.2) is 57.3 Å². The highest BCUT2D eigenvalue weighted by atomic mass is 35.5. The lowest BCUT2D eigenvalue weighted by atomic mass is 10.0. The summed E-state index contributed by atoms with van der Waals surface area (Å²) in [7, 11) is 1.56. The van der Waals surface area contributed by atoms with Gasteiger partial charge in [-0.3, -0.25) is 9.69 Å². The summed E-state index contributed by atoms with van der Waals surface area (Å²) in [5, 5.41) is 3.56. The highest BCUT2D eigenvalue weighted by Gasteiger charge is 2.19. The Kier molecular flexibility index (Phi) is 6.06. The van der Waals surface area contributed by atoms with Crippen LogP contribution in [-0.2, 0) is 4.74 Å². The molecule has 1 saturated heterocycles. The third-order valence-corrected chi connectivity index (χ3v) is 4.49. The van der Waals surface area contributed by atoms with Crippen LogP contribution in [0.1, 0.15) is 21.5 Å². The number of nitrogens with one attached hydrogen (secondary N) is 1. The van der Waals surface area contributed by atoms with Gasteiger partial charge < -0.3 is 14.8 Å². The van der Waals surface area contributed by atoms with Crippen molar-refractivity contribution in [2.75, 3.05) is 46.5 Å². The molecular formula is C16H23ClN2O3. The van der Waals surface area contributed by atoms with Crippen molar-refractivity contribution in [1.29, 1.82) is 0 Å². The number of hydrogen-bond donors (Lipinski definition) is 1. The SMILES string of the molecule is COc1cc(C)c(Cl)c(C)c1C(=O)NCCN1CCOCC1. The number of morpholine rings is 1. The van der Waals surface area contributed by atoms with Crippen LogP contribution < -0.4 is 10.1 Å². The fraction of sp³-hybridized carbons (Fsp3) is 0.562. The zero-order valence-corrected chi connectivity index (χ0v) is 14.1. The Morgan fingerprint density at radius 3 is 2.73 bits per heavy atom. The summed E-state index contributed by atoms with van der Waals surface area (Å²) in [5.41, 5.74) is 2.17. The molecule has 1 aromatic rings. The average Bonchev–Trinajstić information content (AvgIpc) is 2.53. The molecule has 1 N–H and O–H groups in total. The first-order valence-electron chi connectivity index (χ1n) is 7.46. The van der Waals surface area contributed by atoms with E-state index in [1.54, 1.807) is 13.2 Å². The van der Waals surface area contributed by atoms with Gasteiger partial charge in [-0.1, -0.05) is 11.6 Å². The number of rotatable bonds is 5. The van der Waals surface area contributed by atoms with Gasteiger partial charge in [-0.05, 0) is 31.0 Å². The number of hydrogen-bond acceptors (Lipinski definition) is 4. The van der Waals surface area contributed by atoms with Gasteiger partial charge in [0, 0.05) is 31.2 Å². The molecule has 0 atom stereocenters. The van der Waals surface area contributed by atoms with Gasteiger partial charge in [0.25, 0.3) is 5.91 Å². The molecule has 2 rings (SSSR count). The molecule has 5 nitrogen and oxygen atoms in total. The Labute approximate surface area is 136 Å². The molecule has 1 amide bonds. The van der Waals surface area contributed by atoms with Crippen LogP contribution in [0.15, 0.2) is 6.07 Å². The molecule has 0 unspecified atom stereocenters. The molecule has 0 spiro atoms. The molecule has 1 aliphatic rings. The number of benzene rings is 1. The predicted octanol–water partition coefficient (Wildman–Crippen LogP) is 2.03. The minimum atomic E-state index is -0.149. The zero-order valence-electron chi connectivity index (χ0n) is 13.4. The van der Waals surface area contributed by atoms with Crippen molar-refractivity contribution >= 4 is 17.5 Å². The van der Waals surface area contributed by atoms with Crippen LogP contribution in [0, 0.1) is 13.8 Å². The number of amides is 1. The zero-order chi connectivity index (χ0) is 16.1. The van der Waals surface area contributed by atoms with Crippen LogP contribution in [0.25, 0.3) is 0 Å². The monoisotopic (exact) mass is 326 g/mol. The molecule has 0 aliphatic carbocycles. The van der Waals surface area contributed by atoms with Gasteiger partial charge in [-0.2, -0.15) is 0 Å². The lowest BCUT2D eigenvalue weighted by Gasteiger charge is -2.26. The van der Waals surface area contributed by atoms with E-state index in [0.717, 1.165) is 44.0 Å². The number of aryl methyl sites for hydroxylation is 1. The summed E-state index contributed by atoms with van der Waals surface area (Å²) in [5.74, 6) is 0.410. The number of carbonyl (C=O) groups excluding carboxylic acids is 1. The van der Waals surface area contributed by atoms with E-state index in [0.29, 0.717) is 22.9 Å². The summed E-state index contributed by atoms with van der Waals surface area (Å²) in [6, 6.07) is 1.80. The molecule has 22 heavy (non-hydrogen) atoms. The quantitative estimate of drug-likeness (QED) is 0.899. The largest absolute Gasteiger partial charge is 0.496 e. The van der Waals surface area contributed by atoms with E-state index in [9.17, 15) is 4.79 Å². The van der Waals surface area contributed by atoms with E-state index in [4.69, 9.17) is 21.1 Å². The van der Waals surface area contributed by atoms with Crippen LogP contribution >= 0.6 is 11.6 Å². The minimum Gasteiger partial charge on any atom is -0.496 e. The molecule has 0 saturated carbocycles. The Morgan fingerprint density at radius 2 is 2.09 bits per heavy atom. The van der Waals surface area contributed by atoms with E-state index >= 15 is 0 Å². The van der Waals surface area contributed by atoms with Crippen LogP contribution in [0.3, 0.4) is 0 Å². The van der Waals surface area contributed by atoms with Crippen molar-refractivity contribution in [2.24, 2.45) is 0 Å². The second-order valence-electron chi connectivity index (χ2n) is 5.42. The van der Waals surface area contributed by atoms with E-state index in [1.165, 1.54) is 0 Å². The average molecular weight is 327 g/mol. The summed E-state index contributed by atoms with van der Waals surface area (Å²) in [4.78, 5) is 14.7. The van der Waals surface area contributed by atoms with Crippen LogP contribution in [0.2, 0.25) is 5.02 Å². The summed E-state index contributed by atoms with van der Waals surface area (Å²) >= 11 is 6.25. The van der Waals surface area contributed by atoms with Gasteiger partial charge in [-0.15, -0.1) is 0 Å². The fourth-order valence-corrected chi connectivity index (χ4v) is 2.76. The Morgan fingerprint density at radius 1 is 1.41 bits per heavy atom. The first-order valence-corrected chi connectivity index (χ1v) is 7.84. The second kappa shape index (κ2) is 7.81. The van der Waals surface area contributed by atoms with Gasteiger partial charge >= 0.3 is 0 Å². The molecule has 122 valence electrons. The van der Waals surface area contributed by atoms with Gasteiger partial charge in [0.1, 0.15) is 5.75 Å². The fourth-order valence-electron chi connectivity index (χ4n) is 2.61. The first kappa shape index (κ1) is 17.1. The van der Waals surface area contributed by atoms with Crippen LogP contribution in [0.5, 0.6) is 5.75 Å². The van der Waals surface area contributed by atoms with E-state index < -0.39 is 0 Å².